The second kappa shape index (κ2) is 9.05. The first-order valence-electron chi connectivity index (χ1n) is 10.2. The van der Waals surface area contributed by atoms with Crippen LogP contribution in [0.4, 0.5) is 0 Å². The first-order chi connectivity index (χ1) is 15.6. The van der Waals surface area contributed by atoms with Crippen LogP contribution in [-0.2, 0) is 4.57 Å². The van der Waals surface area contributed by atoms with E-state index in [1.165, 1.54) is 0 Å². The molecule has 1 aromatic heterocycles. The first-order valence-corrected chi connectivity index (χ1v) is 11.9. The van der Waals surface area contributed by atoms with Crippen molar-refractivity contribution in [2.75, 3.05) is 0 Å². The number of aromatic nitrogens is 2. The van der Waals surface area contributed by atoms with Gasteiger partial charge in [0.25, 0.3) is 11.8 Å². The minimum absolute atomic E-state index is 0.0923. The van der Waals surface area contributed by atoms with Gasteiger partial charge in [0.05, 0.1) is 6.04 Å². The number of carbonyl (C=O) groups is 1. The minimum atomic E-state index is -4.87. The van der Waals surface area contributed by atoms with E-state index >= 15 is 0 Å². The molecule has 3 aromatic rings. The molecule has 0 radical (unpaired) electrons. The van der Waals surface area contributed by atoms with Crippen molar-refractivity contribution in [2.45, 2.75) is 38.1 Å². The van der Waals surface area contributed by atoms with E-state index < -0.39 is 31.2 Å². The largest absolute Gasteiger partial charge is 0.508 e. The van der Waals surface area contributed by atoms with E-state index in [0.717, 1.165) is 11.1 Å². The Kier molecular flexibility index (Phi) is 6.33. The Morgan fingerprint density at radius 1 is 1.09 bits per heavy atom. The van der Waals surface area contributed by atoms with Gasteiger partial charge >= 0.3 is 7.60 Å². The lowest BCUT2D eigenvalue weighted by Crippen LogP contribution is -2.29. The van der Waals surface area contributed by atoms with Gasteiger partial charge in [-0.2, -0.15) is 0 Å². The molecule has 3 atom stereocenters. The standard InChI is InChI=1S/C21H24N5O6P/c1-11-3-6-13(7-4-11)18(28)22-21(33(29,30)31)20-26-25-19(32-20)16-10-15(23-24-16)14-8-5-12(2)9-17(14)27/h3-9,15-16,21,23-24,27H,10H2,1-2H3,(H,22,28)(H2,29,30,31). The minimum Gasteiger partial charge on any atom is -0.508 e. The molecule has 33 heavy (non-hydrogen) atoms. The summed E-state index contributed by atoms with van der Waals surface area (Å²) in [6.07, 6.45) is 0.439. The number of nitrogens with one attached hydrogen (secondary N) is 3. The highest BCUT2D eigenvalue weighted by atomic mass is 31.2. The van der Waals surface area contributed by atoms with E-state index in [2.05, 4.69) is 26.4 Å². The van der Waals surface area contributed by atoms with Crippen LogP contribution in [0.5, 0.6) is 5.75 Å². The highest BCUT2D eigenvalue weighted by Gasteiger charge is 2.39. The number of aromatic hydroxyl groups is 1. The van der Waals surface area contributed by atoms with Gasteiger partial charge in [-0.3, -0.25) is 9.36 Å². The summed E-state index contributed by atoms with van der Waals surface area (Å²) in [4.78, 5) is 32.1. The Hall–Kier alpha value is -3.08. The van der Waals surface area contributed by atoms with Gasteiger partial charge in [-0.1, -0.05) is 29.8 Å². The SMILES string of the molecule is Cc1ccc(C(=O)NC(c2nnc(C3CC(c4ccc(C)cc4O)NN3)o2)P(=O)(O)O)cc1. The Morgan fingerprint density at radius 3 is 2.42 bits per heavy atom. The number of rotatable bonds is 6. The molecule has 2 aromatic carbocycles. The number of amides is 1. The smallest absolute Gasteiger partial charge is 0.357 e. The maximum Gasteiger partial charge on any atom is 0.357 e. The Morgan fingerprint density at radius 2 is 1.76 bits per heavy atom. The molecular formula is C21H24N5O6P. The summed E-state index contributed by atoms with van der Waals surface area (Å²) in [5, 5.41) is 20.2. The molecule has 0 aliphatic carbocycles. The first kappa shape index (κ1) is 23.1. The maximum absolute atomic E-state index is 12.5. The van der Waals surface area contributed by atoms with Gasteiger partial charge in [0.1, 0.15) is 11.8 Å². The van der Waals surface area contributed by atoms with Crippen LogP contribution in [0.15, 0.2) is 46.9 Å². The van der Waals surface area contributed by atoms with Crippen LogP contribution >= 0.6 is 7.60 Å². The Balaban J connectivity index is 1.50. The number of nitrogens with zero attached hydrogens (tertiary/aromatic N) is 2. The second-order valence-corrected chi connectivity index (χ2v) is 9.70. The third-order valence-electron chi connectivity index (χ3n) is 5.37. The molecule has 1 aliphatic rings. The van der Waals surface area contributed by atoms with Crippen LogP contribution in [0.3, 0.4) is 0 Å². The van der Waals surface area contributed by atoms with Crippen LogP contribution in [-0.4, -0.2) is 31.0 Å². The molecule has 11 nitrogen and oxygen atoms in total. The van der Waals surface area contributed by atoms with Crippen molar-refractivity contribution < 1.29 is 28.7 Å². The number of hydrazine groups is 1. The molecule has 1 aliphatic heterocycles. The molecule has 1 fully saturated rings. The van der Waals surface area contributed by atoms with Crippen LogP contribution in [0, 0.1) is 13.8 Å². The lowest BCUT2D eigenvalue weighted by atomic mass is 10.00. The number of hydrogen-bond donors (Lipinski definition) is 6. The predicted molar refractivity (Wildman–Crippen MR) is 117 cm³/mol. The monoisotopic (exact) mass is 473 g/mol. The zero-order chi connectivity index (χ0) is 23.8. The highest BCUT2D eigenvalue weighted by Crippen LogP contribution is 2.50. The average Bonchev–Trinajstić information content (AvgIpc) is 3.41. The fourth-order valence-electron chi connectivity index (χ4n) is 3.57. The third-order valence-corrected chi connectivity index (χ3v) is 6.39. The van der Waals surface area contributed by atoms with Crippen molar-refractivity contribution in [3.8, 4) is 5.75 Å². The fourth-order valence-corrected chi connectivity index (χ4v) is 4.25. The van der Waals surface area contributed by atoms with E-state index in [1.807, 2.05) is 26.0 Å². The van der Waals surface area contributed by atoms with Crippen LogP contribution < -0.4 is 16.2 Å². The maximum atomic E-state index is 12.5. The highest BCUT2D eigenvalue weighted by molar-refractivity contribution is 7.52. The molecule has 0 saturated carbocycles. The van der Waals surface area contributed by atoms with Crippen LogP contribution in [0.1, 0.15) is 63.1 Å². The molecule has 12 heteroatoms. The molecule has 174 valence electrons. The summed E-state index contributed by atoms with van der Waals surface area (Å²) in [7, 11) is -4.87. The lowest BCUT2D eigenvalue weighted by Gasteiger charge is -2.16. The van der Waals surface area contributed by atoms with Gasteiger partial charge in [-0.15, -0.1) is 10.2 Å². The summed E-state index contributed by atoms with van der Waals surface area (Å²) in [5.41, 5.74) is 8.83. The number of hydrogen-bond acceptors (Lipinski definition) is 8. The van der Waals surface area contributed by atoms with Crippen molar-refractivity contribution in [2.24, 2.45) is 0 Å². The quantitative estimate of drug-likeness (QED) is 0.292. The summed E-state index contributed by atoms with van der Waals surface area (Å²) in [6, 6.07) is 11.2. The number of benzene rings is 2. The topological polar surface area (TPSA) is 170 Å². The zero-order valence-electron chi connectivity index (χ0n) is 17.9. The molecule has 0 bridgehead atoms. The second-order valence-electron chi connectivity index (χ2n) is 8.00. The molecule has 3 unspecified atom stereocenters. The van der Waals surface area contributed by atoms with Gasteiger partial charge in [0.15, 0.2) is 0 Å². The van der Waals surface area contributed by atoms with Crippen molar-refractivity contribution in [3.05, 3.63) is 76.5 Å². The molecule has 1 amide bonds. The molecule has 6 N–H and O–H groups in total. The van der Waals surface area contributed by atoms with E-state index in [4.69, 9.17) is 4.42 Å². The van der Waals surface area contributed by atoms with Crippen molar-refractivity contribution in [1.82, 2.24) is 26.4 Å². The molecule has 0 spiro atoms. The van der Waals surface area contributed by atoms with Crippen molar-refractivity contribution in [1.29, 1.82) is 0 Å². The predicted octanol–water partition coefficient (Wildman–Crippen LogP) is 2.28. The van der Waals surface area contributed by atoms with Crippen molar-refractivity contribution in [3.63, 3.8) is 0 Å². The number of aryl methyl sites for hydroxylation is 2. The summed E-state index contributed by atoms with van der Waals surface area (Å²) < 4.78 is 17.6. The van der Waals surface area contributed by atoms with E-state index in [9.17, 15) is 24.3 Å². The van der Waals surface area contributed by atoms with Gasteiger partial charge in [0, 0.05) is 11.1 Å². The molecular weight excluding hydrogens is 449 g/mol. The van der Waals surface area contributed by atoms with Crippen molar-refractivity contribution >= 4 is 13.5 Å². The van der Waals surface area contributed by atoms with Crippen LogP contribution in [0.2, 0.25) is 0 Å². The molecule has 1 saturated heterocycles. The molecule has 4 rings (SSSR count). The lowest BCUT2D eigenvalue weighted by molar-refractivity contribution is 0.0937. The Bertz CT molecular complexity index is 1210. The molecule has 2 heterocycles. The number of carbonyl (C=O) groups excluding carboxylic acids is 1. The van der Waals surface area contributed by atoms with E-state index in [1.54, 1.807) is 30.3 Å². The van der Waals surface area contributed by atoms with E-state index in [-0.39, 0.29) is 23.2 Å². The third kappa shape index (κ3) is 5.13. The zero-order valence-corrected chi connectivity index (χ0v) is 18.8. The fraction of sp³-hybridized carbons (Fsp3) is 0.286. The Labute approximate surface area is 189 Å². The average molecular weight is 473 g/mol. The normalized spacial score (nSPS) is 19.4. The van der Waals surface area contributed by atoms with E-state index in [0.29, 0.717) is 12.0 Å². The summed E-state index contributed by atoms with van der Waals surface area (Å²) in [6.45, 7) is 3.73. The van der Waals surface area contributed by atoms with Gasteiger partial charge in [-0.05, 0) is 44.0 Å². The number of phenolic OH excluding ortho intramolecular Hbond substituents is 1. The number of phenols is 1. The van der Waals surface area contributed by atoms with Gasteiger partial charge in [0.2, 0.25) is 11.7 Å². The van der Waals surface area contributed by atoms with Gasteiger partial charge < -0.3 is 24.6 Å². The van der Waals surface area contributed by atoms with Crippen LogP contribution in [0.25, 0.3) is 0 Å². The summed E-state index contributed by atoms with van der Waals surface area (Å²) in [5.74, 6) is -2.63. The van der Waals surface area contributed by atoms with Gasteiger partial charge in [-0.25, -0.2) is 10.9 Å². The summed E-state index contributed by atoms with van der Waals surface area (Å²) >= 11 is 0.